The summed E-state index contributed by atoms with van der Waals surface area (Å²) >= 11 is 2.96. The fourth-order valence-corrected chi connectivity index (χ4v) is 7.44. The van der Waals surface area contributed by atoms with Crippen LogP contribution < -0.4 is 4.31 Å². The van der Waals surface area contributed by atoms with Crippen molar-refractivity contribution in [2.24, 2.45) is 0 Å². The molecule has 1 aromatic heterocycles. The lowest BCUT2D eigenvalue weighted by Gasteiger charge is -2.36. The molecule has 5 rings (SSSR count). The topological polar surface area (TPSA) is 85.0 Å². The van der Waals surface area contributed by atoms with E-state index >= 15 is 0 Å². The Hall–Kier alpha value is -3.60. The standard InChI is InChI=1S/C41H48N2O5S2.C2H6/c1-5-8-10-19-37(45)43(49-4)34-24-22-33(23-25-34)40-46-35(26-36(47-40)31-18-13-15-29(27-44)20-21-31)28-50-41-42-38(30(7-3)14-6-2)39(48-41)32-16-11-9-12-17-32;1-2/h6-7,9,11-12,14-18,20-25,35-36,40,44H,5,8,10,13,19,26-28H2,1-4H3;1-2H3/b14-6-,30-7+;. The van der Waals surface area contributed by atoms with E-state index in [4.69, 9.17) is 18.9 Å². The molecule has 1 aliphatic carbocycles. The van der Waals surface area contributed by atoms with Gasteiger partial charge in [-0.05, 0) is 67.5 Å². The number of hydrogen-bond acceptors (Lipinski definition) is 8. The van der Waals surface area contributed by atoms with Crippen molar-refractivity contribution < 1.29 is 23.8 Å². The molecule has 2 aliphatic rings. The second-order valence-electron chi connectivity index (χ2n) is 12.2. The van der Waals surface area contributed by atoms with Crippen LogP contribution in [0.15, 0.2) is 118 Å². The number of amides is 1. The number of nitrogens with zero attached hydrogens (tertiary/aromatic N) is 2. The van der Waals surface area contributed by atoms with Crippen LogP contribution >= 0.6 is 23.7 Å². The lowest BCUT2D eigenvalue weighted by Crippen LogP contribution is -2.36. The molecule has 3 aromatic rings. The maximum atomic E-state index is 13.0. The van der Waals surface area contributed by atoms with E-state index < -0.39 is 6.29 Å². The summed E-state index contributed by atoms with van der Waals surface area (Å²) in [6, 6.07) is 18.0. The summed E-state index contributed by atoms with van der Waals surface area (Å²) in [6.07, 6.45) is 20.2. The van der Waals surface area contributed by atoms with Crippen LogP contribution in [0, 0.1) is 0 Å². The summed E-state index contributed by atoms with van der Waals surface area (Å²) in [6.45, 7) is 10.1. The van der Waals surface area contributed by atoms with Crippen molar-refractivity contribution in [1.82, 2.24) is 4.98 Å². The molecule has 1 fully saturated rings. The molecular formula is C43H54N2O5S2. The van der Waals surface area contributed by atoms with Gasteiger partial charge in [-0.3, -0.25) is 9.10 Å². The number of unbranched alkanes of at least 4 members (excludes halogenated alkanes) is 2. The van der Waals surface area contributed by atoms with Gasteiger partial charge >= 0.3 is 0 Å². The van der Waals surface area contributed by atoms with Crippen molar-refractivity contribution in [2.45, 2.75) is 96.9 Å². The van der Waals surface area contributed by atoms with Gasteiger partial charge in [0.15, 0.2) is 12.1 Å². The fourth-order valence-electron chi connectivity index (χ4n) is 5.97. The van der Waals surface area contributed by atoms with E-state index in [-0.39, 0.29) is 24.7 Å². The van der Waals surface area contributed by atoms with Gasteiger partial charge in [-0.25, -0.2) is 4.98 Å². The zero-order valence-corrected chi connectivity index (χ0v) is 33.1. The molecule has 1 amide bonds. The van der Waals surface area contributed by atoms with Crippen molar-refractivity contribution in [3.8, 4) is 11.3 Å². The first-order valence-corrected chi connectivity index (χ1v) is 20.6. The Morgan fingerprint density at radius 1 is 1.02 bits per heavy atom. The number of aromatic nitrogens is 1. The van der Waals surface area contributed by atoms with Crippen molar-refractivity contribution in [2.75, 3.05) is 22.9 Å². The minimum Gasteiger partial charge on any atom is -0.431 e. The second kappa shape index (κ2) is 21.8. The van der Waals surface area contributed by atoms with Gasteiger partial charge in [0, 0.05) is 36.0 Å². The Morgan fingerprint density at radius 3 is 2.46 bits per heavy atom. The van der Waals surface area contributed by atoms with Gasteiger partial charge in [-0.15, -0.1) is 0 Å². The van der Waals surface area contributed by atoms with Crippen molar-refractivity contribution in [3.63, 3.8) is 0 Å². The minimum atomic E-state index is -0.608. The highest BCUT2D eigenvalue weighted by molar-refractivity contribution is 8.00. The third-order valence-electron chi connectivity index (χ3n) is 8.63. The van der Waals surface area contributed by atoms with Gasteiger partial charge in [-0.1, -0.05) is 130 Å². The van der Waals surface area contributed by atoms with E-state index in [9.17, 15) is 9.90 Å². The van der Waals surface area contributed by atoms with Gasteiger partial charge in [0.2, 0.25) is 5.91 Å². The van der Waals surface area contributed by atoms with E-state index in [2.05, 4.69) is 13.0 Å². The van der Waals surface area contributed by atoms with Crippen LogP contribution in [0.4, 0.5) is 5.69 Å². The number of benzene rings is 2. The predicted molar refractivity (Wildman–Crippen MR) is 218 cm³/mol. The van der Waals surface area contributed by atoms with E-state index in [0.717, 1.165) is 70.7 Å². The number of anilines is 1. The zero-order chi connectivity index (χ0) is 37.3. The highest BCUT2D eigenvalue weighted by atomic mass is 32.2. The van der Waals surface area contributed by atoms with Crippen LogP contribution in [0.2, 0.25) is 0 Å². The Bertz CT molecular complexity index is 1710. The number of thioether (sulfide) groups is 1. The molecule has 1 saturated heterocycles. The Morgan fingerprint density at radius 2 is 1.79 bits per heavy atom. The smallest absolute Gasteiger partial charge is 0.256 e. The summed E-state index contributed by atoms with van der Waals surface area (Å²) in [5, 5.41) is 10.3. The number of ether oxygens (including phenoxy) is 2. The molecular weight excluding hydrogens is 689 g/mol. The van der Waals surface area contributed by atoms with Gasteiger partial charge in [0.05, 0.1) is 24.5 Å². The maximum Gasteiger partial charge on any atom is 0.256 e. The molecule has 7 nitrogen and oxygen atoms in total. The third kappa shape index (κ3) is 11.2. The maximum absolute atomic E-state index is 13.0. The van der Waals surface area contributed by atoms with Crippen LogP contribution in [-0.2, 0) is 14.3 Å². The van der Waals surface area contributed by atoms with Crippen LogP contribution in [0.25, 0.3) is 16.9 Å². The van der Waals surface area contributed by atoms with Crippen LogP contribution in [0.3, 0.4) is 0 Å². The van der Waals surface area contributed by atoms with Gasteiger partial charge in [0.25, 0.3) is 5.22 Å². The number of carbonyl (C=O) groups is 1. The van der Waals surface area contributed by atoms with E-state index in [1.54, 1.807) is 4.31 Å². The Balaban J connectivity index is 0.00000297. The summed E-state index contributed by atoms with van der Waals surface area (Å²) in [5.41, 5.74) is 6.45. The largest absolute Gasteiger partial charge is 0.431 e. The monoisotopic (exact) mass is 742 g/mol. The highest BCUT2D eigenvalue weighted by Gasteiger charge is 2.33. The first-order valence-electron chi connectivity index (χ1n) is 18.4. The molecule has 1 N–H and O–H groups in total. The first-order chi connectivity index (χ1) is 25.5. The fraction of sp³-hybridized carbons (Fsp3) is 0.395. The number of hydrogen-bond donors (Lipinski definition) is 1. The third-order valence-corrected chi connectivity index (χ3v) is 10.4. The normalized spacial score (nSPS) is 19.1. The summed E-state index contributed by atoms with van der Waals surface area (Å²) in [4.78, 5) is 17.9. The number of oxazole rings is 1. The van der Waals surface area contributed by atoms with Gasteiger partial charge in [0.1, 0.15) is 5.69 Å². The van der Waals surface area contributed by atoms with Crippen LogP contribution in [0.1, 0.15) is 90.7 Å². The van der Waals surface area contributed by atoms with Crippen molar-refractivity contribution in [3.05, 3.63) is 120 Å². The Kier molecular flexibility index (Phi) is 17.3. The first kappa shape index (κ1) is 41.2. The van der Waals surface area contributed by atoms with Gasteiger partial charge < -0.3 is 19.0 Å². The molecule has 0 saturated carbocycles. The van der Waals surface area contributed by atoms with Crippen molar-refractivity contribution >= 4 is 40.9 Å². The quantitative estimate of drug-likeness (QED) is 0.0713. The molecule has 2 heterocycles. The molecule has 2 aromatic carbocycles. The molecule has 3 atom stereocenters. The number of aliphatic hydroxyl groups is 1. The second-order valence-corrected chi connectivity index (χ2v) is 13.9. The van der Waals surface area contributed by atoms with E-state index in [0.29, 0.717) is 23.8 Å². The van der Waals surface area contributed by atoms with E-state index in [1.807, 2.05) is 125 Å². The molecule has 0 radical (unpaired) electrons. The molecule has 0 spiro atoms. The Labute approximate surface area is 319 Å². The summed E-state index contributed by atoms with van der Waals surface area (Å²) in [7, 11) is 0. The number of allylic oxidation sites excluding steroid dienone is 6. The highest BCUT2D eigenvalue weighted by Crippen LogP contribution is 2.39. The molecule has 52 heavy (non-hydrogen) atoms. The van der Waals surface area contributed by atoms with Crippen molar-refractivity contribution in [1.29, 1.82) is 0 Å². The number of carbonyl (C=O) groups excluding carboxylic acids is 1. The molecule has 278 valence electrons. The molecule has 0 bridgehead atoms. The van der Waals surface area contributed by atoms with Gasteiger partial charge in [-0.2, -0.15) is 0 Å². The summed E-state index contributed by atoms with van der Waals surface area (Å²) in [5.74, 6) is 1.47. The molecule has 1 aliphatic heterocycles. The predicted octanol–water partition coefficient (Wildman–Crippen LogP) is 11.3. The number of aliphatic hydroxyl groups excluding tert-OH is 1. The van der Waals surface area contributed by atoms with Crippen LogP contribution in [-0.4, -0.2) is 46.8 Å². The minimum absolute atomic E-state index is 0.000744. The van der Waals surface area contributed by atoms with Crippen LogP contribution in [0.5, 0.6) is 0 Å². The lowest BCUT2D eigenvalue weighted by molar-refractivity contribution is -0.233. The molecule has 3 unspecified atom stereocenters. The SMILES string of the molecule is C/C=C\C(=C/C)c1nc(SCC2CC(C3=CCC=C(CO)C=C3)OC(c3ccc(N(SC)C(=O)CCCCC)cc3)O2)oc1-c1ccccc1.CC. The average Bonchev–Trinajstić information content (AvgIpc) is 3.46. The average molecular weight is 743 g/mol. The summed E-state index contributed by atoms with van der Waals surface area (Å²) < 4.78 is 21.4. The van der Waals surface area contributed by atoms with E-state index in [1.165, 1.54) is 23.7 Å². The molecule has 9 heteroatoms. The number of rotatable bonds is 15. The zero-order valence-electron chi connectivity index (χ0n) is 31.4. The lowest BCUT2D eigenvalue weighted by atomic mass is 10.0.